The molecule has 4 nitrogen and oxygen atoms in total. The van der Waals surface area contributed by atoms with E-state index in [1.54, 1.807) is 10.7 Å². The molecule has 1 aromatic heterocycles. The summed E-state index contributed by atoms with van der Waals surface area (Å²) in [6.45, 7) is 4.72. The van der Waals surface area contributed by atoms with Crippen LogP contribution in [0.4, 0.5) is 0 Å². The van der Waals surface area contributed by atoms with Crippen LogP contribution in [0.1, 0.15) is 35.9 Å². The van der Waals surface area contributed by atoms with Crippen LogP contribution >= 0.6 is 0 Å². The Morgan fingerprint density at radius 3 is 2.67 bits per heavy atom. The number of nitrogens with one attached hydrogen (secondary N) is 1. The summed E-state index contributed by atoms with van der Waals surface area (Å²) in [5, 5.41) is 7.12. The lowest BCUT2D eigenvalue weighted by atomic mass is 10.1. The van der Waals surface area contributed by atoms with Crippen molar-refractivity contribution in [2.75, 3.05) is 0 Å². The zero-order valence-corrected chi connectivity index (χ0v) is 10.6. The molecule has 0 aliphatic heterocycles. The zero-order chi connectivity index (χ0) is 13.0. The Labute approximate surface area is 107 Å². The molecule has 0 saturated carbocycles. The number of rotatable bonds is 4. The Bertz CT molecular complexity index is 519. The molecule has 0 unspecified atom stereocenters. The van der Waals surface area contributed by atoms with Crippen LogP contribution in [0, 0.1) is 0 Å². The minimum absolute atomic E-state index is 0.0227. The Kier molecular flexibility index (Phi) is 3.77. The normalized spacial score (nSPS) is 12.1. The summed E-state index contributed by atoms with van der Waals surface area (Å²) in [5.41, 5.74) is 1.54. The van der Waals surface area contributed by atoms with E-state index in [4.69, 9.17) is 0 Å². The fraction of sp³-hybridized carbons (Fsp3) is 0.286. The molecule has 2 aromatic rings. The van der Waals surface area contributed by atoms with Gasteiger partial charge in [0.15, 0.2) is 0 Å². The van der Waals surface area contributed by atoms with E-state index in [2.05, 4.69) is 10.4 Å². The van der Waals surface area contributed by atoms with Crippen molar-refractivity contribution in [3.8, 4) is 0 Å². The third-order valence-corrected chi connectivity index (χ3v) is 2.84. The summed E-state index contributed by atoms with van der Waals surface area (Å²) >= 11 is 0. The first kappa shape index (κ1) is 12.4. The van der Waals surface area contributed by atoms with E-state index in [-0.39, 0.29) is 11.9 Å². The summed E-state index contributed by atoms with van der Waals surface area (Å²) in [4.78, 5) is 12.0. The largest absolute Gasteiger partial charge is 0.344 e. The molecule has 0 radical (unpaired) electrons. The van der Waals surface area contributed by atoms with Crippen molar-refractivity contribution in [2.24, 2.45) is 0 Å². The van der Waals surface area contributed by atoms with Gasteiger partial charge in [0.25, 0.3) is 5.91 Å². The van der Waals surface area contributed by atoms with Crippen LogP contribution in [0.2, 0.25) is 0 Å². The van der Waals surface area contributed by atoms with Gasteiger partial charge in [-0.25, -0.2) is 0 Å². The standard InChI is InChI=1S/C14H17N3O/c1-3-17-10-9-13(16-17)14(18)15-11(2)12-7-5-4-6-8-12/h4-11H,3H2,1-2H3,(H,15,18)/t11-/m0/s1. The van der Waals surface area contributed by atoms with Gasteiger partial charge in [0.1, 0.15) is 5.69 Å². The highest BCUT2D eigenvalue weighted by Gasteiger charge is 2.13. The molecular formula is C14H17N3O. The van der Waals surface area contributed by atoms with E-state index in [9.17, 15) is 4.79 Å². The first-order valence-corrected chi connectivity index (χ1v) is 6.10. The van der Waals surface area contributed by atoms with Gasteiger partial charge in [-0.15, -0.1) is 0 Å². The number of benzene rings is 1. The smallest absolute Gasteiger partial charge is 0.272 e. The van der Waals surface area contributed by atoms with Gasteiger partial charge < -0.3 is 5.32 Å². The lowest BCUT2D eigenvalue weighted by Crippen LogP contribution is -2.27. The highest BCUT2D eigenvalue weighted by Crippen LogP contribution is 2.11. The summed E-state index contributed by atoms with van der Waals surface area (Å²) in [6.07, 6.45) is 1.81. The Morgan fingerprint density at radius 2 is 2.06 bits per heavy atom. The van der Waals surface area contributed by atoms with Crippen molar-refractivity contribution in [3.63, 3.8) is 0 Å². The SMILES string of the molecule is CCn1ccc(C(=O)N[C@@H](C)c2ccccc2)n1. The molecule has 0 bridgehead atoms. The maximum absolute atomic E-state index is 12.0. The Hall–Kier alpha value is -2.10. The second-order valence-electron chi connectivity index (χ2n) is 4.16. The number of carbonyl (C=O) groups excluding carboxylic acids is 1. The van der Waals surface area contributed by atoms with Crippen LogP contribution in [0.5, 0.6) is 0 Å². The molecule has 0 saturated heterocycles. The topological polar surface area (TPSA) is 46.9 Å². The van der Waals surface area contributed by atoms with Gasteiger partial charge in [0.2, 0.25) is 0 Å². The number of aromatic nitrogens is 2. The van der Waals surface area contributed by atoms with E-state index in [1.165, 1.54) is 0 Å². The maximum Gasteiger partial charge on any atom is 0.272 e. The van der Waals surface area contributed by atoms with E-state index in [1.807, 2.05) is 50.4 Å². The van der Waals surface area contributed by atoms with Crippen LogP contribution in [-0.2, 0) is 6.54 Å². The predicted molar refractivity (Wildman–Crippen MR) is 70.2 cm³/mol. The van der Waals surface area contributed by atoms with Crippen LogP contribution in [0.3, 0.4) is 0 Å². The highest BCUT2D eigenvalue weighted by molar-refractivity contribution is 5.92. The van der Waals surface area contributed by atoms with E-state index in [0.29, 0.717) is 5.69 Å². The first-order valence-electron chi connectivity index (χ1n) is 6.10. The zero-order valence-electron chi connectivity index (χ0n) is 10.6. The molecule has 1 N–H and O–H groups in total. The van der Waals surface area contributed by atoms with E-state index >= 15 is 0 Å². The molecule has 1 atom stereocenters. The minimum atomic E-state index is -0.140. The van der Waals surface area contributed by atoms with Crippen LogP contribution in [-0.4, -0.2) is 15.7 Å². The Balaban J connectivity index is 2.03. The van der Waals surface area contributed by atoms with Crippen molar-refractivity contribution in [3.05, 3.63) is 53.9 Å². The van der Waals surface area contributed by atoms with E-state index < -0.39 is 0 Å². The van der Waals surface area contributed by atoms with Gasteiger partial charge in [-0.3, -0.25) is 9.48 Å². The van der Waals surface area contributed by atoms with Crippen molar-refractivity contribution in [1.82, 2.24) is 15.1 Å². The van der Waals surface area contributed by atoms with Crippen molar-refractivity contribution >= 4 is 5.91 Å². The summed E-state index contributed by atoms with van der Waals surface area (Å²) in [7, 11) is 0. The van der Waals surface area contributed by atoms with Crippen molar-refractivity contribution in [1.29, 1.82) is 0 Å². The molecule has 1 amide bonds. The second kappa shape index (κ2) is 5.49. The number of carbonyl (C=O) groups is 1. The van der Waals surface area contributed by atoms with Gasteiger partial charge in [0.05, 0.1) is 6.04 Å². The molecular weight excluding hydrogens is 226 g/mol. The molecule has 0 aliphatic carbocycles. The number of amides is 1. The van der Waals surface area contributed by atoms with Crippen molar-refractivity contribution < 1.29 is 4.79 Å². The average molecular weight is 243 g/mol. The minimum Gasteiger partial charge on any atom is -0.344 e. The number of hydrogen-bond acceptors (Lipinski definition) is 2. The highest BCUT2D eigenvalue weighted by atomic mass is 16.2. The molecule has 4 heteroatoms. The van der Waals surface area contributed by atoms with Gasteiger partial charge >= 0.3 is 0 Å². The lowest BCUT2D eigenvalue weighted by molar-refractivity contribution is 0.0934. The van der Waals surface area contributed by atoms with Crippen molar-refractivity contribution in [2.45, 2.75) is 26.4 Å². The number of aryl methyl sites for hydroxylation is 1. The number of hydrogen-bond donors (Lipinski definition) is 1. The predicted octanol–water partition coefficient (Wildman–Crippen LogP) is 2.39. The fourth-order valence-electron chi connectivity index (χ4n) is 1.75. The van der Waals surface area contributed by atoms with Gasteiger partial charge in [-0.05, 0) is 25.5 Å². The third kappa shape index (κ3) is 2.77. The van der Waals surface area contributed by atoms with E-state index in [0.717, 1.165) is 12.1 Å². The van der Waals surface area contributed by atoms with Gasteiger partial charge in [-0.1, -0.05) is 30.3 Å². The molecule has 94 valence electrons. The van der Waals surface area contributed by atoms with Gasteiger partial charge in [0, 0.05) is 12.7 Å². The second-order valence-corrected chi connectivity index (χ2v) is 4.16. The molecule has 1 heterocycles. The maximum atomic E-state index is 12.0. The quantitative estimate of drug-likeness (QED) is 0.896. The average Bonchev–Trinajstić information content (AvgIpc) is 2.88. The summed E-state index contributed by atoms with van der Waals surface area (Å²) in [5.74, 6) is -0.140. The lowest BCUT2D eigenvalue weighted by Gasteiger charge is -2.13. The van der Waals surface area contributed by atoms with Crippen LogP contribution < -0.4 is 5.32 Å². The first-order chi connectivity index (χ1) is 8.70. The number of nitrogens with zero attached hydrogens (tertiary/aromatic N) is 2. The van der Waals surface area contributed by atoms with Crippen LogP contribution in [0.15, 0.2) is 42.6 Å². The summed E-state index contributed by atoms with van der Waals surface area (Å²) in [6, 6.07) is 11.6. The van der Waals surface area contributed by atoms with Gasteiger partial charge in [-0.2, -0.15) is 5.10 Å². The molecule has 1 aromatic carbocycles. The molecule has 0 fully saturated rings. The fourth-order valence-corrected chi connectivity index (χ4v) is 1.75. The monoisotopic (exact) mass is 243 g/mol. The molecule has 0 aliphatic rings. The molecule has 18 heavy (non-hydrogen) atoms. The molecule has 2 rings (SSSR count). The third-order valence-electron chi connectivity index (χ3n) is 2.84. The van der Waals surface area contributed by atoms with Crippen LogP contribution in [0.25, 0.3) is 0 Å². The Morgan fingerprint density at radius 1 is 1.33 bits per heavy atom. The summed E-state index contributed by atoms with van der Waals surface area (Å²) < 4.78 is 1.74. The molecule has 0 spiro atoms.